The third-order valence-electron chi connectivity index (χ3n) is 5.32. The van der Waals surface area contributed by atoms with E-state index in [2.05, 4.69) is 24.0 Å². The minimum absolute atomic E-state index is 0.673. The van der Waals surface area contributed by atoms with Crippen LogP contribution in [0, 0.1) is 12.3 Å². The van der Waals surface area contributed by atoms with Gasteiger partial charge in [0.2, 0.25) is 0 Å². The van der Waals surface area contributed by atoms with Crippen LogP contribution >= 0.6 is 0 Å². The van der Waals surface area contributed by atoms with E-state index in [4.69, 9.17) is 5.73 Å². The molecule has 19 heavy (non-hydrogen) atoms. The zero-order chi connectivity index (χ0) is 13.3. The minimum atomic E-state index is 0.673. The first-order valence-electron chi connectivity index (χ1n) is 7.80. The summed E-state index contributed by atoms with van der Waals surface area (Å²) in [6, 6.07) is 6.27. The maximum atomic E-state index is 6.18. The van der Waals surface area contributed by atoms with Crippen molar-refractivity contribution >= 4 is 11.4 Å². The Labute approximate surface area is 117 Å². The lowest BCUT2D eigenvalue weighted by atomic mass is 9.68. The minimum Gasteiger partial charge on any atom is -0.397 e. The van der Waals surface area contributed by atoms with Crippen molar-refractivity contribution in [1.29, 1.82) is 0 Å². The van der Waals surface area contributed by atoms with Crippen molar-refractivity contribution in [2.45, 2.75) is 51.9 Å². The first-order chi connectivity index (χ1) is 9.20. The molecule has 0 unspecified atom stereocenters. The number of nitrogens with two attached hydrogens (primary N) is 1. The average molecular weight is 258 g/mol. The van der Waals surface area contributed by atoms with Gasteiger partial charge in [-0.15, -0.1) is 0 Å². The molecule has 0 aromatic heterocycles. The van der Waals surface area contributed by atoms with Gasteiger partial charge in [0.25, 0.3) is 0 Å². The van der Waals surface area contributed by atoms with E-state index < -0.39 is 0 Å². The van der Waals surface area contributed by atoms with E-state index in [0.717, 1.165) is 5.69 Å². The predicted molar refractivity (Wildman–Crippen MR) is 82.6 cm³/mol. The third kappa shape index (κ3) is 2.45. The van der Waals surface area contributed by atoms with Crippen molar-refractivity contribution in [3.05, 3.63) is 23.8 Å². The lowest BCUT2D eigenvalue weighted by Crippen LogP contribution is -2.41. The number of hydrogen-bond acceptors (Lipinski definition) is 2. The second kappa shape index (κ2) is 5.07. The molecule has 2 fully saturated rings. The molecule has 1 aliphatic carbocycles. The molecule has 0 atom stereocenters. The molecule has 3 rings (SSSR count). The van der Waals surface area contributed by atoms with E-state index in [0.29, 0.717) is 5.41 Å². The zero-order valence-corrected chi connectivity index (χ0v) is 12.1. The number of nitrogens with zero attached hydrogens (tertiary/aromatic N) is 1. The highest BCUT2D eigenvalue weighted by Gasteiger charge is 2.35. The van der Waals surface area contributed by atoms with Crippen LogP contribution in [-0.4, -0.2) is 13.1 Å². The van der Waals surface area contributed by atoms with Crippen molar-refractivity contribution in [3.63, 3.8) is 0 Å². The van der Waals surface area contributed by atoms with Crippen molar-refractivity contribution in [2.75, 3.05) is 23.7 Å². The summed E-state index contributed by atoms with van der Waals surface area (Å²) >= 11 is 0. The Bertz CT molecular complexity index is 416. The fourth-order valence-corrected chi connectivity index (χ4v) is 4.12. The van der Waals surface area contributed by atoms with Crippen molar-refractivity contribution < 1.29 is 0 Å². The number of hydrogen-bond donors (Lipinski definition) is 1. The number of rotatable bonds is 1. The van der Waals surface area contributed by atoms with Crippen LogP contribution in [-0.2, 0) is 0 Å². The van der Waals surface area contributed by atoms with E-state index in [1.54, 1.807) is 0 Å². The Morgan fingerprint density at radius 2 is 1.68 bits per heavy atom. The van der Waals surface area contributed by atoms with Crippen LogP contribution in [0.4, 0.5) is 11.4 Å². The fraction of sp³-hybridized carbons (Fsp3) is 0.647. The molecule has 0 radical (unpaired) electrons. The van der Waals surface area contributed by atoms with Gasteiger partial charge >= 0.3 is 0 Å². The summed E-state index contributed by atoms with van der Waals surface area (Å²) in [6.45, 7) is 4.56. The summed E-state index contributed by atoms with van der Waals surface area (Å²) < 4.78 is 0. The highest BCUT2D eigenvalue weighted by atomic mass is 15.1. The molecule has 1 heterocycles. The molecular weight excluding hydrogens is 232 g/mol. The van der Waals surface area contributed by atoms with Crippen LogP contribution in [0.2, 0.25) is 0 Å². The van der Waals surface area contributed by atoms with Gasteiger partial charge < -0.3 is 10.6 Å². The normalized spacial score (nSPS) is 22.7. The summed E-state index contributed by atoms with van der Waals surface area (Å²) in [5, 5.41) is 0. The van der Waals surface area contributed by atoms with Crippen LogP contribution in [0.15, 0.2) is 18.2 Å². The molecule has 104 valence electrons. The van der Waals surface area contributed by atoms with Crippen molar-refractivity contribution in [3.8, 4) is 0 Å². The summed E-state index contributed by atoms with van der Waals surface area (Å²) in [4.78, 5) is 2.52. The monoisotopic (exact) mass is 258 g/mol. The molecule has 1 aromatic rings. The summed E-state index contributed by atoms with van der Waals surface area (Å²) in [5.41, 5.74) is 10.4. The molecule has 0 bridgehead atoms. The van der Waals surface area contributed by atoms with Crippen LogP contribution < -0.4 is 10.6 Å². The summed E-state index contributed by atoms with van der Waals surface area (Å²) in [6.07, 6.45) is 10.0. The fourth-order valence-electron chi connectivity index (χ4n) is 4.12. The average Bonchev–Trinajstić information content (AvgIpc) is 2.42. The molecule has 0 amide bonds. The highest BCUT2D eigenvalue weighted by molar-refractivity contribution is 5.71. The summed E-state index contributed by atoms with van der Waals surface area (Å²) in [5.74, 6) is 0. The van der Waals surface area contributed by atoms with Gasteiger partial charge in [0.05, 0.1) is 11.4 Å². The molecule has 2 N–H and O–H groups in total. The van der Waals surface area contributed by atoms with E-state index in [1.165, 1.54) is 69.3 Å². The Morgan fingerprint density at radius 1 is 1.00 bits per heavy atom. The van der Waals surface area contributed by atoms with Gasteiger partial charge in [-0.1, -0.05) is 31.4 Å². The van der Waals surface area contributed by atoms with E-state index in [9.17, 15) is 0 Å². The van der Waals surface area contributed by atoms with E-state index >= 15 is 0 Å². The molecule has 1 aliphatic heterocycles. The largest absolute Gasteiger partial charge is 0.397 e. The van der Waals surface area contributed by atoms with Gasteiger partial charge in [-0.2, -0.15) is 0 Å². The molecule has 2 heteroatoms. The second-order valence-corrected chi connectivity index (χ2v) is 6.56. The maximum Gasteiger partial charge on any atom is 0.0629 e. The maximum absolute atomic E-state index is 6.18. The Morgan fingerprint density at radius 3 is 2.32 bits per heavy atom. The topological polar surface area (TPSA) is 29.3 Å². The van der Waals surface area contributed by atoms with Crippen molar-refractivity contribution in [2.24, 2.45) is 5.41 Å². The molecule has 1 aromatic carbocycles. The molecule has 1 spiro atoms. The molecular formula is C17H26N2. The quantitative estimate of drug-likeness (QED) is 0.767. The zero-order valence-electron chi connectivity index (χ0n) is 12.1. The number of anilines is 2. The second-order valence-electron chi connectivity index (χ2n) is 6.56. The smallest absolute Gasteiger partial charge is 0.0629 e. The Balaban J connectivity index is 1.73. The molecule has 1 saturated carbocycles. The van der Waals surface area contributed by atoms with Crippen LogP contribution in [0.5, 0.6) is 0 Å². The van der Waals surface area contributed by atoms with Gasteiger partial charge in [0.15, 0.2) is 0 Å². The van der Waals surface area contributed by atoms with Crippen molar-refractivity contribution in [1.82, 2.24) is 0 Å². The van der Waals surface area contributed by atoms with Crippen LogP contribution in [0.3, 0.4) is 0 Å². The lowest BCUT2D eigenvalue weighted by molar-refractivity contribution is 0.144. The third-order valence-corrected chi connectivity index (χ3v) is 5.32. The predicted octanol–water partition coefficient (Wildman–Crippen LogP) is 4.13. The highest BCUT2D eigenvalue weighted by Crippen LogP contribution is 2.45. The number of benzene rings is 1. The Kier molecular flexibility index (Phi) is 3.42. The molecule has 2 nitrogen and oxygen atoms in total. The molecule has 1 saturated heterocycles. The van der Waals surface area contributed by atoms with E-state index in [1.807, 2.05) is 6.07 Å². The van der Waals surface area contributed by atoms with Gasteiger partial charge in [0.1, 0.15) is 0 Å². The van der Waals surface area contributed by atoms with Gasteiger partial charge in [-0.05, 0) is 49.7 Å². The number of nitrogen functional groups attached to an aromatic ring is 1. The standard InChI is InChI=1S/C17H26N2/c1-14-6-5-7-15(18)16(14)19-12-10-17(11-13-19)8-3-2-4-9-17/h5-7H,2-4,8-13,18H2,1H3. The number of piperidine rings is 1. The number of para-hydroxylation sites is 1. The van der Waals surface area contributed by atoms with Crippen LogP contribution in [0.25, 0.3) is 0 Å². The van der Waals surface area contributed by atoms with Crippen LogP contribution in [0.1, 0.15) is 50.5 Å². The van der Waals surface area contributed by atoms with Gasteiger partial charge in [-0.25, -0.2) is 0 Å². The van der Waals surface area contributed by atoms with Gasteiger partial charge in [0, 0.05) is 13.1 Å². The molecule has 2 aliphatic rings. The van der Waals surface area contributed by atoms with Gasteiger partial charge in [-0.3, -0.25) is 0 Å². The first kappa shape index (κ1) is 12.8. The van der Waals surface area contributed by atoms with E-state index in [-0.39, 0.29) is 0 Å². The number of aryl methyl sites for hydroxylation is 1. The lowest BCUT2D eigenvalue weighted by Gasteiger charge is -2.45. The summed E-state index contributed by atoms with van der Waals surface area (Å²) in [7, 11) is 0. The SMILES string of the molecule is Cc1cccc(N)c1N1CCC2(CCCCC2)CC1. The first-order valence-corrected chi connectivity index (χ1v) is 7.80. The Hall–Kier alpha value is -1.18.